The quantitative estimate of drug-likeness (QED) is 0.615. The molecule has 0 bridgehead atoms. The van der Waals surface area contributed by atoms with Gasteiger partial charge in [-0.2, -0.15) is 0 Å². The fourth-order valence-electron chi connectivity index (χ4n) is 2.82. The van der Waals surface area contributed by atoms with Crippen molar-refractivity contribution < 1.29 is 14.3 Å². The first-order valence-corrected chi connectivity index (χ1v) is 8.84. The molecule has 1 aliphatic heterocycles. The molecule has 0 unspecified atom stereocenters. The average molecular weight is 332 g/mol. The van der Waals surface area contributed by atoms with Crippen LogP contribution in [0.4, 0.5) is 5.69 Å². The summed E-state index contributed by atoms with van der Waals surface area (Å²) < 4.78 is 5.17. The van der Waals surface area contributed by atoms with Crippen LogP contribution < -0.4 is 5.32 Å². The van der Waals surface area contributed by atoms with Gasteiger partial charge in [0.2, 0.25) is 5.91 Å². The van der Waals surface area contributed by atoms with Gasteiger partial charge in [0.15, 0.2) is 0 Å². The minimum absolute atomic E-state index is 0.0443. The lowest BCUT2D eigenvalue weighted by Gasteiger charge is -2.28. The monoisotopic (exact) mass is 332 g/mol. The maximum atomic E-state index is 12.1. The third kappa shape index (κ3) is 5.96. The highest BCUT2D eigenvalue weighted by Crippen LogP contribution is 2.20. The van der Waals surface area contributed by atoms with E-state index in [1.54, 1.807) is 24.3 Å². The lowest BCUT2D eigenvalue weighted by molar-refractivity contribution is -0.117. The molecule has 5 nitrogen and oxygen atoms in total. The Bertz CT molecular complexity index is 534. The topological polar surface area (TPSA) is 58.6 Å². The van der Waals surface area contributed by atoms with Gasteiger partial charge in [-0.15, -0.1) is 0 Å². The Morgan fingerprint density at radius 3 is 2.50 bits per heavy atom. The SMILES string of the molecule is CCCCOC(=O)c1ccc(NC(=O)CC2CCN(C)CC2)cc1. The minimum atomic E-state index is -0.312. The minimum Gasteiger partial charge on any atom is -0.462 e. The maximum Gasteiger partial charge on any atom is 0.338 e. The van der Waals surface area contributed by atoms with E-state index >= 15 is 0 Å². The van der Waals surface area contributed by atoms with Crippen molar-refractivity contribution in [2.75, 3.05) is 32.1 Å². The highest BCUT2D eigenvalue weighted by molar-refractivity contribution is 5.93. The summed E-state index contributed by atoms with van der Waals surface area (Å²) in [4.78, 5) is 26.3. The molecule has 1 saturated heterocycles. The van der Waals surface area contributed by atoms with Gasteiger partial charge in [-0.25, -0.2) is 4.79 Å². The molecule has 1 amide bonds. The Morgan fingerprint density at radius 2 is 1.88 bits per heavy atom. The number of rotatable bonds is 7. The van der Waals surface area contributed by atoms with E-state index in [1.807, 2.05) is 0 Å². The second-order valence-corrected chi connectivity index (χ2v) is 6.57. The van der Waals surface area contributed by atoms with Gasteiger partial charge < -0.3 is 15.0 Å². The number of piperidine rings is 1. The van der Waals surface area contributed by atoms with Crippen LogP contribution in [0.2, 0.25) is 0 Å². The molecule has 24 heavy (non-hydrogen) atoms. The van der Waals surface area contributed by atoms with Gasteiger partial charge in [-0.1, -0.05) is 13.3 Å². The number of hydrogen-bond donors (Lipinski definition) is 1. The van der Waals surface area contributed by atoms with E-state index in [-0.39, 0.29) is 11.9 Å². The number of ether oxygens (including phenoxy) is 1. The lowest BCUT2D eigenvalue weighted by atomic mass is 9.93. The van der Waals surface area contributed by atoms with Crippen LogP contribution in [-0.4, -0.2) is 43.5 Å². The molecular weight excluding hydrogens is 304 g/mol. The van der Waals surface area contributed by atoms with E-state index in [4.69, 9.17) is 4.74 Å². The number of nitrogens with one attached hydrogen (secondary N) is 1. The first-order chi connectivity index (χ1) is 11.6. The fourth-order valence-corrected chi connectivity index (χ4v) is 2.82. The second kappa shape index (κ2) is 9.42. The second-order valence-electron chi connectivity index (χ2n) is 6.57. The molecule has 0 atom stereocenters. The predicted molar refractivity (Wildman–Crippen MR) is 95.1 cm³/mol. The molecule has 0 spiro atoms. The molecule has 1 N–H and O–H groups in total. The Morgan fingerprint density at radius 1 is 1.21 bits per heavy atom. The van der Waals surface area contributed by atoms with Crippen LogP contribution in [-0.2, 0) is 9.53 Å². The molecule has 0 aliphatic carbocycles. The van der Waals surface area contributed by atoms with Gasteiger partial charge in [0.25, 0.3) is 0 Å². The predicted octanol–water partition coefficient (Wildman–Crippen LogP) is 3.31. The highest BCUT2D eigenvalue weighted by atomic mass is 16.5. The number of carbonyl (C=O) groups is 2. The van der Waals surface area contributed by atoms with E-state index < -0.39 is 0 Å². The Hall–Kier alpha value is -1.88. The van der Waals surface area contributed by atoms with Crippen LogP contribution in [0.3, 0.4) is 0 Å². The van der Waals surface area contributed by atoms with E-state index in [2.05, 4.69) is 24.2 Å². The number of unbranched alkanes of at least 4 members (excludes halogenated alkanes) is 1. The Kier molecular flexibility index (Phi) is 7.25. The first-order valence-electron chi connectivity index (χ1n) is 8.84. The molecule has 132 valence electrons. The number of carbonyl (C=O) groups excluding carboxylic acids is 2. The highest BCUT2D eigenvalue weighted by Gasteiger charge is 2.19. The summed E-state index contributed by atoms with van der Waals surface area (Å²) in [5, 5.41) is 2.91. The van der Waals surface area contributed by atoms with Crippen LogP contribution in [0.1, 0.15) is 49.4 Å². The van der Waals surface area contributed by atoms with Gasteiger partial charge in [-0.3, -0.25) is 4.79 Å². The summed E-state index contributed by atoms with van der Waals surface area (Å²) in [6.07, 6.45) is 4.58. The standard InChI is InChI=1S/C19H28N2O3/c1-3-4-13-24-19(23)16-5-7-17(8-6-16)20-18(22)14-15-9-11-21(2)12-10-15/h5-8,15H,3-4,9-14H2,1-2H3,(H,20,22). The van der Waals surface area contributed by atoms with Gasteiger partial charge in [0, 0.05) is 12.1 Å². The number of anilines is 1. The van der Waals surface area contributed by atoms with Crippen molar-refractivity contribution in [2.45, 2.75) is 39.0 Å². The molecule has 0 saturated carbocycles. The number of nitrogens with zero attached hydrogens (tertiary/aromatic N) is 1. The van der Waals surface area contributed by atoms with Crippen molar-refractivity contribution in [3.05, 3.63) is 29.8 Å². The zero-order valence-corrected chi connectivity index (χ0v) is 14.7. The van der Waals surface area contributed by atoms with Gasteiger partial charge in [-0.05, 0) is 69.6 Å². The summed E-state index contributed by atoms with van der Waals surface area (Å²) in [5.74, 6) is 0.199. The van der Waals surface area contributed by atoms with E-state index in [9.17, 15) is 9.59 Å². The van der Waals surface area contributed by atoms with Crippen molar-refractivity contribution in [1.29, 1.82) is 0 Å². The molecule has 5 heteroatoms. The number of amides is 1. The molecule has 0 aromatic heterocycles. The van der Waals surface area contributed by atoms with Gasteiger partial charge in [0.1, 0.15) is 0 Å². The smallest absolute Gasteiger partial charge is 0.338 e. The third-order valence-electron chi connectivity index (χ3n) is 4.45. The van der Waals surface area contributed by atoms with E-state index in [0.717, 1.165) is 44.5 Å². The molecule has 1 heterocycles. The zero-order valence-electron chi connectivity index (χ0n) is 14.7. The number of likely N-dealkylation sites (tertiary alicyclic amines) is 1. The van der Waals surface area contributed by atoms with Gasteiger partial charge >= 0.3 is 5.97 Å². The van der Waals surface area contributed by atoms with Crippen molar-refractivity contribution in [1.82, 2.24) is 4.90 Å². The third-order valence-corrected chi connectivity index (χ3v) is 4.45. The number of esters is 1. The molecule has 1 aliphatic rings. The first kappa shape index (κ1) is 18.5. The van der Waals surface area contributed by atoms with Crippen LogP contribution in [0, 0.1) is 5.92 Å². The lowest BCUT2D eigenvalue weighted by Crippen LogP contribution is -2.31. The van der Waals surface area contributed by atoms with Gasteiger partial charge in [0.05, 0.1) is 12.2 Å². The molecule has 2 rings (SSSR count). The summed E-state index contributed by atoms with van der Waals surface area (Å²) in [7, 11) is 2.12. The Balaban J connectivity index is 1.78. The molecule has 1 aromatic carbocycles. The zero-order chi connectivity index (χ0) is 17.4. The van der Waals surface area contributed by atoms with Crippen molar-refractivity contribution in [2.24, 2.45) is 5.92 Å². The summed E-state index contributed by atoms with van der Waals surface area (Å²) >= 11 is 0. The summed E-state index contributed by atoms with van der Waals surface area (Å²) in [5.41, 5.74) is 1.23. The van der Waals surface area contributed by atoms with Crippen LogP contribution in [0.5, 0.6) is 0 Å². The van der Waals surface area contributed by atoms with Crippen molar-refractivity contribution >= 4 is 17.6 Å². The van der Waals surface area contributed by atoms with Crippen molar-refractivity contribution in [3.8, 4) is 0 Å². The summed E-state index contributed by atoms with van der Waals surface area (Å²) in [6.45, 7) is 4.63. The van der Waals surface area contributed by atoms with Crippen LogP contribution >= 0.6 is 0 Å². The number of hydrogen-bond acceptors (Lipinski definition) is 4. The van der Waals surface area contributed by atoms with E-state index in [0.29, 0.717) is 24.5 Å². The normalized spacial score (nSPS) is 15.9. The Labute approximate surface area is 144 Å². The van der Waals surface area contributed by atoms with E-state index in [1.165, 1.54) is 0 Å². The summed E-state index contributed by atoms with van der Waals surface area (Å²) in [6, 6.07) is 6.89. The van der Waals surface area contributed by atoms with Crippen molar-refractivity contribution in [3.63, 3.8) is 0 Å². The molecule has 1 aromatic rings. The maximum absolute atomic E-state index is 12.1. The largest absolute Gasteiger partial charge is 0.462 e. The molecular formula is C19H28N2O3. The average Bonchev–Trinajstić information content (AvgIpc) is 2.58. The molecule has 1 fully saturated rings. The number of benzene rings is 1. The fraction of sp³-hybridized carbons (Fsp3) is 0.579. The van der Waals surface area contributed by atoms with Crippen LogP contribution in [0.25, 0.3) is 0 Å². The molecule has 0 radical (unpaired) electrons. The van der Waals surface area contributed by atoms with Crippen LogP contribution in [0.15, 0.2) is 24.3 Å².